The fourth-order valence-electron chi connectivity index (χ4n) is 3.17. The number of rotatable bonds is 5. The third-order valence-corrected chi connectivity index (χ3v) is 4.56. The zero-order valence-corrected chi connectivity index (χ0v) is 18.1. The summed E-state index contributed by atoms with van der Waals surface area (Å²) in [5.41, 5.74) is 1.68. The molecule has 0 spiro atoms. The molecule has 10 heteroatoms. The number of urea groups is 1. The monoisotopic (exact) mass is 450 g/mol. The molecule has 4 aromatic rings. The summed E-state index contributed by atoms with van der Waals surface area (Å²) in [6.07, 6.45) is 0. The van der Waals surface area contributed by atoms with Crippen molar-refractivity contribution in [3.63, 3.8) is 0 Å². The van der Waals surface area contributed by atoms with Gasteiger partial charge in [-0.15, -0.1) is 0 Å². The van der Waals surface area contributed by atoms with Gasteiger partial charge in [0.2, 0.25) is 5.88 Å². The first-order valence-electron chi connectivity index (χ1n) is 9.98. The van der Waals surface area contributed by atoms with Gasteiger partial charge in [-0.05, 0) is 63.2 Å². The number of carbonyl (C=O) groups is 1. The van der Waals surface area contributed by atoms with Crippen LogP contribution in [0.4, 0.5) is 25.0 Å². The number of hydrogen-bond donors (Lipinski definition) is 2. The van der Waals surface area contributed by atoms with E-state index in [1.807, 2.05) is 19.9 Å². The molecule has 2 N–H and O–H groups in total. The standard InChI is InChI=1S/C23H20F2N6O2/c1-13-11-14(2)31(30-13)20-12-21(27-15(3)26-20)33-17-9-7-16(8-10-17)28-23(32)29-22-18(24)5-4-6-19(22)25/h4-12H,1-3H3,(H2,28,29,32). The Bertz CT molecular complexity index is 1300. The Morgan fingerprint density at radius 3 is 2.27 bits per heavy atom. The Kier molecular flexibility index (Phi) is 5.99. The second kappa shape index (κ2) is 9.03. The Morgan fingerprint density at radius 2 is 1.64 bits per heavy atom. The highest BCUT2D eigenvalue weighted by molar-refractivity contribution is 5.99. The molecule has 0 radical (unpaired) electrons. The van der Waals surface area contributed by atoms with Crippen LogP contribution in [0.5, 0.6) is 11.6 Å². The number of aromatic nitrogens is 4. The first-order valence-corrected chi connectivity index (χ1v) is 9.98. The molecular weight excluding hydrogens is 430 g/mol. The van der Waals surface area contributed by atoms with E-state index in [2.05, 4.69) is 25.7 Å². The fraction of sp³-hybridized carbons (Fsp3) is 0.130. The lowest BCUT2D eigenvalue weighted by atomic mass is 10.3. The highest BCUT2D eigenvalue weighted by Crippen LogP contribution is 2.24. The molecule has 2 heterocycles. The van der Waals surface area contributed by atoms with Crippen LogP contribution in [0.1, 0.15) is 17.2 Å². The number of para-hydroxylation sites is 1. The molecule has 0 bridgehead atoms. The summed E-state index contributed by atoms with van der Waals surface area (Å²) in [5.74, 6) is 0.170. The Hall–Kier alpha value is -4.34. The van der Waals surface area contributed by atoms with Crippen molar-refractivity contribution in [2.75, 3.05) is 10.6 Å². The number of aryl methyl sites for hydroxylation is 3. The van der Waals surface area contributed by atoms with Crippen molar-refractivity contribution in [1.29, 1.82) is 0 Å². The first-order chi connectivity index (χ1) is 15.8. The number of nitrogens with one attached hydrogen (secondary N) is 2. The van der Waals surface area contributed by atoms with E-state index < -0.39 is 23.4 Å². The largest absolute Gasteiger partial charge is 0.439 e. The van der Waals surface area contributed by atoms with Gasteiger partial charge in [0.25, 0.3) is 0 Å². The van der Waals surface area contributed by atoms with E-state index in [4.69, 9.17) is 4.74 Å². The van der Waals surface area contributed by atoms with E-state index in [-0.39, 0.29) is 0 Å². The van der Waals surface area contributed by atoms with Crippen LogP contribution in [-0.4, -0.2) is 25.8 Å². The number of ether oxygens (including phenoxy) is 1. The van der Waals surface area contributed by atoms with Crippen molar-refractivity contribution in [3.05, 3.63) is 83.4 Å². The highest BCUT2D eigenvalue weighted by Gasteiger charge is 2.13. The molecule has 0 unspecified atom stereocenters. The van der Waals surface area contributed by atoms with Gasteiger partial charge in [0.05, 0.1) is 5.69 Å². The second-order valence-electron chi connectivity index (χ2n) is 7.25. The van der Waals surface area contributed by atoms with Crippen LogP contribution in [-0.2, 0) is 0 Å². The van der Waals surface area contributed by atoms with Gasteiger partial charge in [0, 0.05) is 17.4 Å². The number of benzene rings is 2. The van der Waals surface area contributed by atoms with Gasteiger partial charge in [-0.1, -0.05) is 6.07 Å². The Morgan fingerprint density at radius 1 is 0.939 bits per heavy atom. The molecule has 0 fully saturated rings. The molecular formula is C23H20F2N6O2. The molecule has 0 saturated heterocycles. The molecule has 8 nitrogen and oxygen atoms in total. The second-order valence-corrected chi connectivity index (χ2v) is 7.25. The van der Waals surface area contributed by atoms with Crippen molar-refractivity contribution in [2.45, 2.75) is 20.8 Å². The van der Waals surface area contributed by atoms with Crippen LogP contribution < -0.4 is 15.4 Å². The molecule has 0 atom stereocenters. The first kappa shape index (κ1) is 21.9. The van der Waals surface area contributed by atoms with E-state index in [1.165, 1.54) is 6.07 Å². The summed E-state index contributed by atoms with van der Waals surface area (Å²) in [6, 6.07) is 12.6. The SMILES string of the molecule is Cc1cc(C)n(-c2cc(Oc3ccc(NC(=O)Nc4c(F)cccc4F)cc3)nc(C)n2)n1. The zero-order valence-electron chi connectivity index (χ0n) is 18.1. The molecule has 0 saturated carbocycles. The molecule has 0 aliphatic rings. The number of anilines is 2. The number of hydrogen-bond acceptors (Lipinski definition) is 5. The molecule has 2 amide bonds. The highest BCUT2D eigenvalue weighted by atomic mass is 19.1. The van der Waals surface area contributed by atoms with Gasteiger partial charge in [-0.2, -0.15) is 10.1 Å². The molecule has 4 rings (SSSR count). The molecule has 0 aliphatic carbocycles. The van der Waals surface area contributed by atoms with Crippen LogP contribution in [0.2, 0.25) is 0 Å². The summed E-state index contributed by atoms with van der Waals surface area (Å²) in [6.45, 7) is 5.59. The van der Waals surface area contributed by atoms with E-state index >= 15 is 0 Å². The lowest BCUT2D eigenvalue weighted by Gasteiger charge is -2.11. The normalized spacial score (nSPS) is 10.7. The average molecular weight is 450 g/mol. The maximum atomic E-state index is 13.7. The van der Waals surface area contributed by atoms with Crippen molar-refractivity contribution in [1.82, 2.24) is 19.7 Å². The van der Waals surface area contributed by atoms with Crippen molar-refractivity contribution >= 4 is 17.4 Å². The van der Waals surface area contributed by atoms with Crippen LogP contribution in [0.15, 0.2) is 54.6 Å². The predicted octanol–water partition coefficient (Wildman–Crippen LogP) is 5.30. The van der Waals surface area contributed by atoms with Gasteiger partial charge in [0.1, 0.15) is 28.9 Å². The van der Waals surface area contributed by atoms with Crippen molar-refractivity contribution in [3.8, 4) is 17.4 Å². The van der Waals surface area contributed by atoms with E-state index in [1.54, 1.807) is 41.9 Å². The molecule has 33 heavy (non-hydrogen) atoms. The summed E-state index contributed by atoms with van der Waals surface area (Å²) >= 11 is 0. The minimum Gasteiger partial charge on any atom is -0.439 e. The van der Waals surface area contributed by atoms with Gasteiger partial charge in [-0.3, -0.25) is 0 Å². The maximum Gasteiger partial charge on any atom is 0.323 e. The number of amides is 2. The van der Waals surface area contributed by atoms with Gasteiger partial charge in [0.15, 0.2) is 5.82 Å². The lowest BCUT2D eigenvalue weighted by molar-refractivity contribution is 0.262. The summed E-state index contributed by atoms with van der Waals surface area (Å²) < 4.78 is 34.9. The van der Waals surface area contributed by atoms with E-state index in [0.717, 1.165) is 23.5 Å². The van der Waals surface area contributed by atoms with Crippen LogP contribution in [0.25, 0.3) is 5.82 Å². The predicted molar refractivity (Wildman–Crippen MR) is 119 cm³/mol. The zero-order chi connectivity index (χ0) is 23.5. The number of carbonyl (C=O) groups excluding carboxylic acids is 1. The van der Waals surface area contributed by atoms with Gasteiger partial charge >= 0.3 is 6.03 Å². The molecule has 2 aromatic heterocycles. The Labute approximate surface area is 188 Å². The lowest BCUT2D eigenvalue weighted by Crippen LogP contribution is -2.20. The topological polar surface area (TPSA) is 94.0 Å². The Balaban J connectivity index is 1.45. The third-order valence-electron chi connectivity index (χ3n) is 4.56. The summed E-state index contributed by atoms with van der Waals surface area (Å²) in [7, 11) is 0. The van der Waals surface area contributed by atoms with Crippen molar-refractivity contribution in [2.24, 2.45) is 0 Å². The van der Waals surface area contributed by atoms with E-state index in [0.29, 0.717) is 29.0 Å². The summed E-state index contributed by atoms with van der Waals surface area (Å²) in [4.78, 5) is 20.8. The minimum absolute atomic E-state index is 0.332. The molecule has 2 aromatic carbocycles. The summed E-state index contributed by atoms with van der Waals surface area (Å²) in [5, 5.41) is 9.09. The fourth-order valence-corrected chi connectivity index (χ4v) is 3.17. The molecule has 0 aliphatic heterocycles. The quantitative estimate of drug-likeness (QED) is 0.430. The maximum absolute atomic E-state index is 13.7. The minimum atomic E-state index is -0.867. The van der Waals surface area contributed by atoms with Crippen LogP contribution >= 0.6 is 0 Å². The smallest absolute Gasteiger partial charge is 0.323 e. The third kappa shape index (κ3) is 5.12. The van der Waals surface area contributed by atoms with Gasteiger partial charge < -0.3 is 15.4 Å². The van der Waals surface area contributed by atoms with Crippen LogP contribution in [0.3, 0.4) is 0 Å². The molecule has 168 valence electrons. The number of nitrogens with zero attached hydrogens (tertiary/aromatic N) is 4. The van der Waals surface area contributed by atoms with Crippen molar-refractivity contribution < 1.29 is 18.3 Å². The number of halogens is 2. The van der Waals surface area contributed by atoms with E-state index in [9.17, 15) is 13.6 Å². The van der Waals surface area contributed by atoms with Gasteiger partial charge in [-0.25, -0.2) is 23.2 Å². The average Bonchev–Trinajstić information content (AvgIpc) is 3.10. The van der Waals surface area contributed by atoms with Crippen LogP contribution in [0, 0.1) is 32.4 Å².